The third-order valence-corrected chi connectivity index (χ3v) is 6.80. The molecule has 35 heavy (non-hydrogen) atoms. The molecule has 0 radical (unpaired) electrons. The van der Waals surface area contributed by atoms with Gasteiger partial charge in [0.25, 0.3) is 0 Å². The van der Waals surface area contributed by atoms with Crippen LogP contribution in [0.15, 0.2) is 31.0 Å². The standard InChI is InChI=1S/C22H26F3N7O3/c1-35-9-12-6-15(19(34)18(12)33)32-11-29-17-20(27-10-28-21(17)32)30-14-4-5-31(8-14)16-3-2-13(7-26-16)22(23,24)25/h2-3,7,10-12,14-15,18-19,33-34H,4-6,8-9H2,1H3,(H,27,28,30)/t12-,14+,15-,18+,19-/m1/s1. The van der Waals surface area contributed by atoms with Crippen LogP contribution >= 0.6 is 0 Å². The van der Waals surface area contributed by atoms with Gasteiger partial charge in [0.05, 0.1) is 30.6 Å². The molecule has 2 fully saturated rings. The van der Waals surface area contributed by atoms with Crippen LogP contribution in [-0.2, 0) is 10.9 Å². The van der Waals surface area contributed by atoms with Crippen molar-refractivity contribution in [3.05, 3.63) is 36.5 Å². The van der Waals surface area contributed by atoms with Crippen LogP contribution < -0.4 is 10.2 Å². The summed E-state index contributed by atoms with van der Waals surface area (Å²) in [5.41, 5.74) is 0.300. The Morgan fingerprint density at radius 1 is 1.14 bits per heavy atom. The zero-order valence-electron chi connectivity index (χ0n) is 18.9. The monoisotopic (exact) mass is 493 g/mol. The Morgan fingerprint density at radius 3 is 2.69 bits per heavy atom. The molecule has 0 amide bonds. The normalized spacial score (nSPS) is 27.1. The molecule has 2 aliphatic rings. The Morgan fingerprint density at radius 2 is 1.97 bits per heavy atom. The summed E-state index contributed by atoms with van der Waals surface area (Å²) >= 11 is 0. The summed E-state index contributed by atoms with van der Waals surface area (Å²) in [6.45, 7) is 1.51. The Hall–Kier alpha value is -3.03. The molecule has 0 spiro atoms. The fraction of sp³-hybridized carbons (Fsp3) is 0.545. The minimum absolute atomic E-state index is 0.0210. The zero-order valence-corrected chi connectivity index (χ0v) is 18.9. The molecule has 0 unspecified atom stereocenters. The van der Waals surface area contributed by atoms with E-state index in [1.165, 1.54) is 12.4 Å². The molecule has 1 aliphatic carbocycles. The molecule has 1 saturated carbocycles. The molecular weight excluding hydrogens is 467 g/mol. The molecule has 188 valence electrons. The predicted molar refractivity (Wildman–Crippen MR) is 120 cm³/mol. The van der Waals surface area contributed by atoms with Crippen molar-refractivity contribution in [3.63, 3.8) is 0 Å². The van der Waals surface area contributed by atoms with Crippen molar-refractivity contribution in [1.29, 1.82) is 0 Å². The Bertz CT molecular complexity index is 1170. The molecule has 1 aliphatic heterocycles. The van der Waals surface area contributed by atoms with Crippen molar-refractivity contribution in [2.75, 3.05) is 37.0 Å². The number of hydrogen-bond donors (Lipinski definition) is 3. The van der Waals surface area contributed by atoms with Crippen LogP contribution in [0.1, 0.15) is 24.4 Å². The van der Waals surface area contributed by atoms with E-state index >= 15 is 0 Å². The van der Waals surface area contributed by atoms with Gasteiger partial charge in [-0.25, -0.2) is 19.9 Å². The van der Waals surface area contributed by atoms with Gasteiger partial charge >= 0.3 is 6.18 Å². The summed E-state index contributed by atoms with van der Waals surface area (Å²) in [5, 5.41) is 24.3. The summed E-state index contributed by atoms with van der Waals surface area (Å²) in [6.07, 6.45) is -1.18. The first-order valence-corrected chi connectivity index (χ1v) is 11.3. The number of rotatable bonds is 6. The lowest BCUT2D eigenvalue weighted by Crippen LogP contribution is -2.30. The van der Waals surface area contributed by atoms with E-state index in [2.05, 4.69) is 25.3 Å². The van der Waals surface area contributed by atoms with E-state index in [9.17, 15) is 23.4 Å². The molecule has 0 aromatic carbocycles. The number of aliphatic hydroxyl groups is 2. The van der Waals surface area contributed by atoms with Gasteiger partial charge in [0.15, 0.2) is 11.5 Å². The van der Waals surface area contributed by atoms with Crippen LogP contribution in [0.5, 0.6) is 0 Å². The molecule has 3 N–H and O–H groups in total. The summed E-state index contributed by atoms with van der Waals surface area (Å²) in [5.74, 6) is 0.821. The molecular formula is C22H26F3N7O3. The third kappa shape index (κ3) is 4.50. The maximum Gasteiger partial charge on any atom is 0.417 e. The number of anilines is 2. The minimum Gasteiger partial charge on any atom is -0.390 e. The number of hydrogen-bond acceptors (Lipinski definition) is 9. The van der Waals surface area contributed by atoms with Gasteiger partial charge in [0.2, 0.25) is 0 Å². The van der Waals surface area contributed by atoms with Crippen LogP contribution in [0.4, 0.5) is 24.8 Å². The Balaban J connectivity index is 1.30. The van der Waals surface area contributed by atoms with Crippen molar-refractivity contribution in [2.45, 2.75) is 43.3 Å². The van der Waals surface area contributed by atoms with Gasteiger partial charge in [0, 0.05) is 38.4 Å². The van der Waals surface area contributed by atoms with E-state index in [0.717, 1.165) is 18.7 Å². The van der Waals surface area contributed by atoms with Gasteiger partial charge in [-0.3, -0.25) is 0 Å². The molecule has 5 atom stereocenters. The second-order valence-corrected chi connectivity index (χ2v) is 9.02. The van der Waals surface area contributed by atoms with Crippen molar-refractivity contribution in [1.82, 2.24) is 24.5 Å². The topological polar surface area (TPSA) is 121 Å². The maximum atomic E-state index is 12.8. The van der Waals surface area contributed by atoms with Gasteiger partial charge in [-0.05, 0) is 25.0 Å². The molecule has 10 nitrogen and oxygen atoms in total. The van der Waals surface area contributed by atoms with E-state index in [-0.39, 0.29) is 12.0 Å². The second-order valence-electron chi connectivity index (χ2n) is 9.02. The molecule has 1 saturated heterocycles. The van der Waals surface area contributed by atoms with Gasteiger partial charge < -0.3 is 29.7 Å². The number of fused-ring (bicyclic) bond motifs is 1. The lowest BCUT2D eigenvalue weighted by Gasteiger charge is -2.19. The number of methoxy groups -OCH3 is 1. The largest absolute Gasteiger partial charge is 0.417 e. The van der Waals surface area contributed by atoms with Crippen molar-refractivity contribution >= 4 is 22.8 Å². The first-order valence-electron chi connectivity index (χ1n) is 11.3. The summed E-state index contributed by atoms with van der Waals surface area (Å²) < 4.78 is 45.4. The minimum atomic E-state index is -4.42. The van der Waals surface area contributed by atoms with Crippen molar-refractivity contribution in [3.8, 4) is 0 Å². The third-order valence-electron chi connectivity index (χ3n) is 6.80. The number of nitrogens with zero attached hydrogens (tertiary/aromatic N) is 6. The predicted octanol–water partition coefficient (Wildman–Crippen LogP) is 1.86. The molecule has 4 heterocycles. The van der Waals surface area contributed by atoms with Crippen molar-refractivity contribution < 1.29 is 28.1 Å². The number of nitrogens with one attached hydrogen (secondary N) is 1. The fourth-order valence-electron chi connectivity index (χ4n) is 4.97. The highest BCUT2D eigenvalue weighted by atomic mass is 19.4. The molecule has 13 heteroatoms. The van der Waals surface area contributed by atoms with Crippen LogP contribution in [0, 0.1) is 5.92 Å². The van der Waals surface area contributed by atoms with Gasteiger partial charge in [-0.2, -0.15) is 13.2 Å². The van der Waals surface area contributed by atoms with Gasteiger partial charge in [-0.1, -0.05) is 0 Å². The number of ether oxygens (including phenoxy) is 1. The zero-order chi connectivity index (χ0) is 24.7. The summed E-state index contributed by atoms with van der Waals surface area (Å²) in [6, 6.07) is 2.00. The van der Waals surface area contributed by atoms with E-state index in [1.54, 1.807) is 18.0 Å². The second kappa shape index (κ2) is 9.21. The molecule has 0 bridgehead atoms. The van der Waals surface area contributed by atoms with Crippen LogP contribution in [0.3, 0.4) is 0 Å². The quantitative estimate of drug-likeness (QED) is 0.472. The maximum absolute atomic E-state index is 12.8. The number of halogens is 3. The number of aliphatic hydroxyl groups excluding tert-OH is 2. The average Bonchev–Trinajstić information content (AvgIpc) is 3.54. The number of pyridine rings is 1. The Kier molecular flexibility index (Phi) is 6.23. The molecule has 5 rings (SSSR count). The number of imidazole rings is 1. The first-order chi connectivity index (χ1) is 16.8. The smallest absolute Gasteiger partial charge is 0.390 e. The molecule has 3 aromatic rings. The number of alkyl halides is 3. The van der Waals surface area contributed by atoms with E-state index in [4.69, 9.17) is 4.74 Å². The van der Waals surface area contributed by atoms with Gasteiger partial charge in [0.1, 0.15) is 23.8 Å². The molecule has 3 aromatic heterocycles. The first kappa shape index (κ1) is 23.7. The highest BCUT2D eigenvalue weighted by Crippen LogP contribution is 2.37. The lowest BCUT2D eigenvalue weighted by molar-refractivity contribution is -0.137. The average molecular weight is 493 g/mol. The highest BCUT2D eigenvalue weighted by Gasteiger charge is 2.43. The highest BCUT2D eigenvalue weighted by molar-refractivity contribution is 5.83. The van der Waals surface area contributed by atoms with Crippen LogP contribution in [-0.4, -0.2) is 79.8 Å². The van der Waals surface area contributed by atoms with E-state index in [1.807, 2.05) is 4.90 Å². The summed E-state index contributed by atoms with van der Waals surface area (Å²) in [7, 11) is 1.56. The summed E-state index contributed by atoms with van der Waals surface area (Å²) in [4.78, 5) is 19.1. The van der Waals surface area contributed by atoms with Gasteiger partial charge in [-0.15, -0.1) is 0 Å². The van der Waals surface area contributed by atoms with Crippen molar-refractivity contribution in [2.24, 2.45) is 5.92 Å². The van der Waals surface area contributed by atoms with E-state index < -0.39 is 30.0 Å². The SMILES string of the molecule is COC[C@H]1C[C@@H](n2cnc3c(N[C@H]4CCN(c5ccc(C(F)(F)F)cn5)C4)ncnc32)[C@@H](O)[C@H]1O. The van der Waals surface area contributed by atoms with Crippen LogP contribution in [0.25, 0.3) is 11.2 Å². The fourth-order valence-corrected chi connectivity index (χ4v) is 4.97. The lowest BCUT2D eigenvalue weighted by atomic mass is 10.1. The van der Waals surface area contributed by atoms with E-state index in [0.29, 0.717) is 48.9 Å². The Labute approximate surface area is 198 Å². The number of aromatic nitrogens is 5. The van der Waals surface area contributed by atoms with Crippen LogP contribution in [0.2, 0.25) is 0 Å².